The molecule has 8 nitrogen and oxygen atoms in total. The molecule has 2 fully saturated rings. The molecule has 1 aromatic heterocycles. The highest BCUT2D eigenvalue weighted by molar-refractivity contribution is 5.77. The normalized spacial score (nSPS) is 22.6. The summed E-state index contributed by atoms with van der Waals surface area (Å²) in [7, 11) is 3.75. The molecule has 3 N–H and O–H groups in total. The van der Waals surface area contributed by atoms with Gasteiger partial charge in [-0.05, 0) is 58.8 Å². The van der Waals surface area contributed by atoms with Gasteiger partial charge in [0.25, 0.3) is 0 Å². The van der Waals surface area contributed by atoms with E-state index in [0.29, 0.717) is 12.6 Å². The van der Waals surface area contributed by atoms with Crippen LogP contribution in [0.15, 0.2) is 0 Å². The van der Waals surface area contributed by atoms with Crippen LogP contribution in [0.1, 0.15) is 36.9 Å². The first kappa shape index (κ1) is 19.8. The van der Waals surface area contributed by atoms with Gasteiger partial charge in [0.1, 0.15) is 5.82 Å². The summed E-state index contributed by atoms with van der Waals surface area (Å²) in [6.07, 6.45) is 5.53. The molecule has 0 radical (unpaired) electrons. The Hall–Kier alpha value is -1.93. The van der Waals surface area contributed by atoms with Gasteiger partial charge in [-0.2, -0.15) is 9.97 Å². The Morgan fingerprint density at radius 3 is 2.63 bits per heavy atom. The number of primary amides is 1. The number of likely N-dealkylation sites (tertiary alicyclic amines) is 1. The van der Waals surface area contributed by atoms with Crippen LogP contribution in [0.2, 0.25) is 0 Å². The molecule has 1 unspecified atom stereocenters. The van der Waals surface area contributed by atoms with E-state index < -0.39 is 0 Å². The molecule has 0 bridgehead atoms. The van der Waals surface area contributed by atoms with E-state index in [4.69, 9.17) is 10.5 Å². The van der Waals surface area contributed by atoms with Crippen LogP contribution in [0.25, 0.3) is 0 Å². The minimum Gasteiger partial charge on any atom is -0.467 e. The van der Waals surface area contributed by atoms with E-state index in [1.54, 1.807) is 7.11 Å². The van der Waals surface area contributed by atoms with Crippen LogP contribution in [-0.4, -0.2) is 67.7 Å². The van der Waals surface area contributed by atoms with Gasteiger partial charge in [0, 0.05) is 25.2 Å². The number of ether oxygens (including phenoxy) is 1. The molecule has 1 amide bonds. The van der Waals surface area contributed by atoms with Crippen LogP contribution < -0.4 is 20.7 Å². The van der Waals surface area contributed by atoms with Crippen molar-refractivity contribution < 1.29 is 9.53 Å². The summed E-state index contributed by atoms with van der Waals surface area (Å²) in [5.41, 5.74) is 7.62. The Bertz CT molecular complexity index is 647. The number of rotatable bonds is 3. The third-order valence-electron chi connectivity index (χ3n) is 5.53. The van der Waals surface area contributed by atoms with Crippen LogP contribution in [0.3, 0.4) is 0 Å². The zero-order valence-electron chi connectivity index (χ0n) is 16.5. The zero-order chi connectivity index (χ0) is 19.2. The van der Waals surface area contributed by atoms with Gasteiger partial charge in [-0.1, -0.05) is 0 Å². The predicted octanol–water partition coefficient (Wildman–Crippen LogP) is 0.545. The lowest BCUT2D eigenvalue weighted by atomic mass is 9.96. The van der Waals surface area contributed by atoms with Crippen molar-refractivity contribution in [3.63, 3.8) is 0 Å². The number of hydrogen-bond donors (Lipinski definition) is 2. The van der Waals surface area contributed by atoms with Gasteiger partial charge in [-0.25, -0.2) is 0 Å². The molecule has 2 saturated heterocycles. The second-order valence-electron chi connectivity index (χ2n) is 7.58. The molecule has 3 aliphatic heterocycles. The average molecular weight is 377 g/mol. The summed E-state index contributed by atoms with van der Waals surface area (Å²) in [5.74, 6) is 0.581. The molecule has 8 heteroatoms. The summed E-state index contributed by atoms with van der Waals surface area (Å²) in [4.78, 5) is 25.0. The number of amides is 1. The molecule has 27 heavy (non-hydrogen) atoms. The van der Waals surface area contributed by atoms with Crippen molar-refractivity contribution in [2.24, 2.45) is 11.7 Å². The molecule has 0 spiro atoms. The largest absolute Gasteiger partial charge is 0.467 e. The number of nitrogens with two attached hydrogens (primary N) is 1. The number of nitrogens with one attached hydrogen (secondary N) is 1. The van der Waals surface area contributed by atoms with Crippen molar-refractivity contribution >= 4 is 11.7 Å². The Morgan fingerprint density at radius 2 is 2.00 bits per heavy atom. The van der Waals surface area contributed by atoms with E-state index in [1.165, 1.54) is 31.5 Å². The standard InChI is InChI=1S/C14H21N5O2.C5H11N/c1-21-14-17-11-7-16-5-4-10(11)13(18-14)19-6-2-3-9(8-19)12(15)20;1-6-4-2-3-5-6/h9,16H,2-8H2,1H3,(H2,15,20);2-5H2,1H3. The fraction of sp³-hybridized carbons (Fsp3) is 0.737. The highest BCUT2D eigenvalue weighted by Crippen LogP contribution is 2.29. The Labute approximate surface area is 161 Å². The Balaban J connectivity index is 0.000000299. The van der Waals surface area contributed by atoms with E-state index in [9.17, 15) is 4.79 Å². The molecule has 4 heterocycles. The van der Waals surface area contributed by atoms with Crippen molar-refractivity contribution in [2.45, 2.75) is 38.6 Å². The molecule has 0 saturated carbocycles. The van der Waals surface area contributed by atoms with Gasteiger partial charge in [-0.3, -0.25) is 4.79 Å². The van der Waals surface area contributed by atoms with Crippen LogP contribution in [0.5, 0.6) is 6.01 Å². The highest BCUT2D eigenvalue weighted by Gasteiger charge is 2.28. The number of anilines is 1. The number of piperidine rings is 1. The van der Waals surface area contributed by atoms with Crippen LogP contribution in [0, 0.1) is 5.92 Å². The third kappa shape index (κ3) is 5.07. The van der Waals surface area contributed by atoms with Crippen LogP contribution >= 0.6 is 0 Å². The zero-order valence-corrected chi connectivity index (χ0v) is 16.5. The van der Waals surface area contributed by atoms with E-state index >= 15 is 0 Å². The number of carbonyl (C=O) groups is 1. The van der Waals surface area contributed by atoms with Crippen molar-refractivity contribution in [1.82, 2.24) is 20.2 Å². The van der Waals surface area contributed by atoms with Crippen molar-refractivity contribution in [3.05, 3.63) is 11.3 Å². The highest BCUT2D eigenvalue weighted by atomic mass is 16.5. The smallest absolute Gasteiger partial charge is 0.318 e. The van der Waals surface area contributed by atoms with Crippen LogP contribution in [0.4, 0.5) is 5.82 Å². The average Bonchev–Trinajstić information content (AvgIpc) is 3.18. The SMILES string of the molecule is CN1CCCC1.COc1nc2c(c(N3CCCC(C(N)=O)C3)n1)CCNC2. The summed E-state index contributed by atoms with van der Waals surface area (Å²) >= 11 is 0. The number of fused-ring (bicyclic) bond motifs is 1. The number of carbonyl (C=O) groups excluding carboxylic acids is 1. The lowest BCUT2D eigenvalue weighted by molar-refractivity contribution is -0.122. The van der Waals surface area contributed by atoms with Crippen molar-refractivity contribution in [1.29, 1.82) is 0 Å². The molecule has 0 aliphatic carbocycles. The molecule has 150 valence electrons. The number of aromatic nitrogens is 2. The molecule has 1 aromatic rings. The Kier molecular flexibility index (Phi) is 6.84. The first-order valence-corrected chi connectivity index (χ1v) is 9.95. The molecular formula is C19H32N6O2. The maximum atomic E-state index is 11.5. The summed E-state index contributed by atoms with van der Waals surface area (Å²) in [5, 5.41) is 3.31. The Morgan fingerprint density at radius 1 is 1.22 bits per heavy atom. The van der Waals surface area contributed by atoms with E-state index in [1.807, 2.05) is 0 Å². The first-order chi connectivity index (χ1) is 13.1. The number of methoxy groups -OCH3 is 1. The summed E-state index contributed by atoms with van der Waals surface area (Å²) < 4.78 is 5.22. The third-order valence-corrected chi connectivity index (χ3v) is 5.53. The minimum absolute atomic E-state index is 0.0999. The van der Waals surface area contributed by atoms with Crippen molar-refractivity contribution in [3.8, 4) is 6.01 Å². The first-order valence-electron chi connectivity index (χ1n) is 9.95. The van der Waals surface area contributed by atoms with Gasteiger partial charge in [0.2, 0.25) is 5.91 Å². The topological polar surface area (TPSA) is 96.6 Å². The fourth-order valence-corrected chi connectivity index (χ4v) is 3.95. The maximum Gasteiger partial charge on any atom is 0.318 e. The van der Waals surface area contributed by atoms with E-state index in [0.717, 1.165) is 50.4 Å². The molecule has 4 rings (SSSR count). The predicted molar refractivity (Wildman–Crippen MR) is 105 cm³/mol. The molecule has 3 aliphatic rings. The number of nitrogens with zero attached hydrogens (tertiary/aromatic N) is 4. The van der Waals surface area contributed by atoms with E-state index in [-0.39, 0.29) is 11.8 Å². The fourth-order valence-electron chi connectivity index (χ4n) is 3.95. The van der Waals surface area contributed by atoms with Crippen molar-refractivity contribution in [2.75, 3.05) is 51.8 Å². The second kappa shape index (κ2) is 9.32. The second-order valence-corrected chi connectivity index (χ2v) is 7.58. The lowest BCUT2D eigenvalue weighted by Crippen LogP contribution is -2.42. The minimum atomic E-state index is -0.226. The van der Waals surface area contributed by atoms with Gasteiger partial charge < -0.3 is 25.6 Å². The van der Waals surface area contributed by atoms with Gasteiger partial charge in [0.15, 0.2) is 0 Å². The summed E-state index contributed by atoms with van der Waals surface area (Å²) in [6, 6.07) is 0.383. The maximum absolute atomic E-state index is 11.5. The van der Waals surface area contributed by atoms with Gasteiger partial charge in [0.05, 0.1) is 18.7 Å². The van der Waals surface area contributed by atoms with E-state index in [2.05, 4.69) is 32.1 Å². The summed E-state index contributed by atoms with van der Waals surface area (Å²) in [6.45, 7) is 5.82. The van der Waals surface area contributed by atoms with Gasteiger partial charge >= 0.3 is 6.01 Å². The quantitative estimate of drug-likeness (QED) is 0.795. The molecular weight excluding hydrogens is 344 g/mol. The molecule has 1 atom stereocenters. The monoisotopic (exact) mass is 376 g/mol. The molecule has 0 aromatic carbocycles. The van der Waals surface area contributed by atoms with Crippen LogP contribution in [-0.2, 0) is 17.8 Å². The number of hydrogen-bond acceptors (Lipinski definition) is 7. The lowest BCUT2D eigenvalue weighted by Gasteiger charge is -2.34. The van der Waals surface area contributed by atoms with Gasteiger partial charge in [-0.15, -0.1) is 0 Å².